The van der Waals surface area contributed by atoms with Crippen molar-refractivity contribution >= 4 is 10.0 Å². The Morgan fingerprint density at radius 1 is 1.40 bits per heavy atom. The average molecular weight is 293 g/mol. The Balaban J connectivity index is 2.09. The van der Waals surface area contributed by atoms with Crippen LogP contribution in [0.5, 0.6) is 0 Å². The zero-order chi connectivity index (χ0) is 14.6. The van der Waals surface area contributed by atoms with Crippen molar-refractivity contribution in [2.45, 2.75) is 17.7 Å². The molecule has 2 rings (SSSR count). The first kappa shape index (κ1) is 15.0. The van der Waals surface area contributed by atoms with Gasteiger partial charge in [-0.1, -0.05) is 0 Å². The van der Waals surface area contributed by atoms with Crippen molar-refractivity contribution in [1.29, 1.82) is 5.26 Å². The Morgan fingerprint density at radius 3 is 2.65 bits per heavy atom. The van der Waals surface area contributed by atoms with Gasteiger partial charge in [-0.15, -0.1) is 0 Å². The molecule has 5 nitrogen and oxygen atoms in total. The van der Waals surface area contributed by atoms with E-state index in [4.69, 9.17) is 5.26 Å². The van der Waals surface area contributed by atoms with Gasteiger partial charge in [0.05, 0.1) is 16.5 Å². The second-order valence-corrected chi connectivity index (χ2v) is 7.18. The number of hydrogen-bond donors (Lipinski definition) is 1. The summed E-state index contributed by atoms with van der Waals surface area (Å²) >= 11 is 0. The van der Waals surface area contributed by atoms with E-state index in [1.807, 2.05) is 6.07 Å². The summed E-state index contributed by atoms with van der Waals surface area (Å²) < 4.78 is 26.3. The van der Waals surface area contributed by atoms with Crippen molar-refractivity contribution in [3.05, 3.63) is 29.8 Å². The predicted molar refractivity (Wildman–Crippen MR) is 76.6 cm³/mol. The largest absolute Gasteiger partial charge is 0.316 e. The molecule has 0 radical (unpaired) electrons. The van der Waals surface area contributed by atoms with E-state index in [1.165, 1.54) is 28.6 Å². The van der Waals surface area contributed by atoms with E-state index in [0.29, 0.717) is 18.0 Å². The predicted octanol–water partition coefficient (Wildman–Crippen LogP) is 1.18. The van der Waals surface area contributed by atoms with Crippen LogP contribution in [0.25, 0.3) is 0 Å². The Kier molecular flexibility index (Phi) is 4.76. The molecule has 0 bridgehead atoms. The molecule has 20 heavy (non-hydrogen) atoms. The number of nitrogens with one attached hydrogen (secondary N) is 1. The number of rotatable bonds is 4. The fraction of sp³-hybridized carbons (Fsp3) is 0.500. The van der Waals surface area contributed by atoms with Crippen molar-refractivity contribution in [2.24, 2.45) is 5.92 Å². The molecule has 0 spiro atoms. The molecule has 0 amide bonds. The summed E-state index contributed by atoms with van der Waals surface area (Å²) in [7, 11) is -1.85. The van der Waals surface area contributed by atoms with Gasteiger partial charge in [-0.3, -0.25) is 0 Å². The molecule has 1 aromatic carbocycles. The second-order valence-electron chi connectivity index (χ2n) is 5.13. The molecule has 0 aromatic heterocycles. The van der Waals surface area contributed by atoms with E-state index < -0.39 is 10.0 Å². The highest BCUT2D eigenvalue weighted by atomic mass is 32.2. The van der Waals surface area contributed by atoms with Crippen molar-refractivity contribution in [3.63, 3.8) is 0 Å². The van der Waals surface area contributed by atoms with Crippen LogP contribution in [0.4, 0.5) is 0 Å². The van der Waals surface area contributed by atoms with Gasteiger partial charge in [0, 0.05) is 13.6 Å². The fourth-order valence-electron chi connectivity index (χ4n) is 2.42. The van der Waals surface area contributed by atoms with Crippen molar-refractivity contribution in [3.8, 4) is 6.07 Å². The van der Waals surface area contributed by atoms with Crippen molar-refractivity contribution < 1.29 is 8.42 Å². The van der Waals surface area contributed by atoms with Crippen LogP contribution < -0.4 is 5.32 Å². The van der Waals surface area contributed by atoms with Gasteiger partial charge in [0.2, 0.25) is 10.0 Å². The van der Waals surface area contributed by atoms with Crippen molar-refractivity contribution in [1.82, 2.24) is 9.62 Å². The number of sulfonamides is 1. The molecule has 6 heteroatoms. The lowest BCUT2D eigenvalue weighted by Crippen LogP contribution is -2.39. The highest BCUT2D eigenvalue weighted by Crippen LogP contribution is 2.18. The van der Waals surface area contributed by atoms with Crippen LogP contribution in [0.1, 0.15) is 18.4 Å². The molecule has 0 aliphatic carbocycles. The Labute approximate surface area is 120 Å². The Bertz CT molecular complexity index is 584. The molecule has 1 atom stereocenters. The summed E-state index contributed by atoms with van der Waals surface area (Å²) in [5, 5.41) is 12.0. The van der Waals surface area contributed by atoms with E-state index in [9.17, 15) is 8.42 Å². The number of piperidine rings is 1. The molecule has 0 saturated carbocycles. The zero-order valence-electron chi connectivity index (χ0n) is 11.5. The third kappa shape index (κ3) is 3.37. The summed E-state index contributed by atoms with van der Waals surface area (Å²) in [4.78, 5) is 0.239. The summed E-state index contributed by atoms with van der Waals surface area (Å²) in [5.74, 6) is 0.363. The monoisotopic (exact) mass is 293 g/mol. The number of benzene rings is 1. The van der Waals surface area contributed by atoms with Crippen LogP contribution in [0.15, 0.2) is 29.2 Å². The first-order chi connectivity index (χ1) is 9.54. The van der Waals surface area contributed by atoms with Gasteiger partial charge in [0.25, 0.3) is 0 Å². The smallest absolute Gasteiger partial charge is 0.242 e. The standard InChI is InChI=1S/C14H19N3O2S/c1-17(11-13-3-2-8-16-10-13)20(18,19)14-6-4-12(9-15)5-7-14/h4-7,13,16H,2-3,8,10-11H2,1H3. The zero-order valence-corrected chi connectivity index (χ0v) is 12.4. The first-order valence-electron chi connectivity index (χ1n) is 6.71. The molecule has 1 aliphatic heterocycles. The normalized spacial score (nSPS) is 19.8. The molecule has 1 fully saturated rings. The topological polar surface area (TPSA) is 73.2 Å². The van der Waals surface area contributed by atoms with Gasteiger partial charge in [-0.05, 0) is 56.1 Å². The highest BCUT2D eigenvalue weighted by Gasteiger charge is 2.24. The summed E-state index contributed by atoms with van der Waals surface area (Å²) in [6, 6.07) is 8.02. The minimum absolute atomic E-state index is 0.239. The Hall–Kier alpha value is -1.42. The van der Waals surface area contributed by atoms with Gasteiger partial charge in [0.15, 0.2) is 0 Å². The fourth-order valence-corrected chi connectivity index (χ4v) is 3.67. The van der Waals surface area contributed by atoms with E-state index in [2.05, 4.69) is 5.32 Å². The summed E-state index contributed by atoms with van der Waals surface area (Å²) in [6.45, 7) is 2.41. The maximum Gasteiger partial charge on any atom is 0.242 e. The number of nitriles is 1. The first-order valence-corrected chi connectivity index (χ1v) is 8.15. The Morgan fingerprint density at radius 2 is 2.10 bits per heavy atom. The molecule has 1 saturated heterocycles. The third-order valence-electron chi connectivity index (χ3n) is 3.61. The van der Waals surface area contributed by atoms with Crippen LogP contribution in [0, 0.1) is 17.2 Å². The van der Waals surface area contributed by atoms with Gasteiger partial charge >= 0.3 is 0 Å². The van der Waals surface area contributed by atoms with Crippen LogP contribution >= 0.6 is 0 Å². The molecular formula is C14H19N3O2S. The molecular weight excluding hydrogens is 274 g/mol. The van der Waals surface area contributed by atoms with Gasteiger partial charge in [0.1, 0.15) is 0 Å². The SMILES string of the molecule is CN(CC1CCCNC1)S(=O)(=O)c1ccc(C#N)cc1. The maximum absolute atomic E-state index is 12.4. The van der Waals surface area contributed by atoms with E-state index in [1.54, 1.807) is 7.05 Å². The van der Waals surface area contributed by atoms with Gasteiger partial charge < -0.3 is 5.32 Å². The van der Waals surface area contributed by atoms with Crippen LogP contribution in [-0.2, 0) is 10.0 Å². The third-order valence-corrected chi connectivity index (χ3v) is 5.44. The van der Waals surface area contributed by atoms with Crippen molar-refractivity contribution in [2.75, 3.05) is 26.7 Å². The lowest BCUT2D eigenvalue weighted by atomic mass is 10.00. The minimum Gasteiger partial charge on any atom is -0.316 e. The molecule has 108 valence electrons. The highest BCUT2D eigenvalue weighted by molar-refractivity contribution is 7.89. The molecule has 1 aromatic rings. The van der Waals surface area contributed by atoms with E-state index >= 15 is 0 Å². The number of nitrogens with zero attached hydrogens (tertiary/aromatic N) is 2. The minimum atomic E-state index is -3.47. The molecule has 1 aliphatic rings. The van der Waals surface area contributed by atoms with E-state index in [-0.39, 0.29) is 4.90 Å². The lowest BCUT2D eigenvalue weighted by Gasteiger charge is -2.27. The van der Waals surface area contributed by atoms with Crippen LogP contribution in [0.2, 0.25) is 0 Å². The number of hydrogen-bond acceptors (Lipinski definition) is 4. The van der Waals surface area contributed by atoms with Gasteiger partial charge in [-0.2, -0.15) is 5.26 Å². The van der Waals surface area contributed by atoms with Crippen LogP contribution in [-0.4, -0.2) is 39.4 Å². The molecule has 1 unspecified atom stereocenters. The maximum atomic E-state index is 12.4. The van der Waals surface area contributed by atoms with E-state index in [0.717, 1.165) is 25.9 Å². The lowest BCUT2D eigenvalue weighted by molar-refractivity contribution is 0.315. The average Bonchev–Trinajstić information content (AvgIpc) is 2.48. The molecule has 1 N–H and O–H groups in total. The summed E-state index contributed by atoms with van der Waals surface area (Å²) in [5.41, 5.74) is 0.461. The quantitative estimate of drug-likeness (QED) is 0.904. The second kappa shape index (κ2) is 6.35. The molecule has 1 heterocycles. The summed E-state index contributed by atoms with van der Waals surface area (Å²) in [6.07, 6.45) is 2.15. The van der Waals surface area contributed by atoms with Gasteiger partial charge in [-0.25, -0.2) is 12.7 Å². The van der Waals surface area contributed by atoms with Crippen LogP contribution in [0.3, 0.4) is 0 Å².